The van der Waals surface area contributed by atoms with Crippen molar-refractivity contribution in [2.75, 3.05) is 0 Å². The molecule has 0 unspecified atom stereocenters. The summed E-state index contributed by atoms with van der Waals surface area (Å²) < 4.78 is 7.41. The number of fused-ring (bicyclic) bond motifs is 1. The molecule has 0 bridgehead atoms. The molecular weight excluding hydrogens is 324 g/mol. The maximum atomic E-state index is 5.46. The minimum Gasteiger partial charge on any atom is -0.443 e. The van der Waals surface area contributed by atoms with Gasteiger partial charge in [-0.3, -0.25) is 0 Å². The molecule has 0 fully saturated rings. The summed E-state index contributed by atoms with van der Waals surface area (Å²) in [5.41, 5.74) is 6.10. The second-order valence-corrected chi connectivity index (χ2v) is 7.09. The average molecular weight is 346 g/mol. The van der Waals surface area contributed by atoms with Gasteiger partial charge in [-0.1, -0.05) is 52.0 Å². The number of rotatable bonds is 4. The van der Waals surface area contributed by atoms with E-state index in [1.54, 1.807) is 6.33 Å². The minimum atomic E-state index is 0.378. The first-order valence-corrected chi connectivity index (χ1v) is 8.93. The van der Waals surface area contributed by atoms with E-state index in [1.165, 1.54) is 17.5 Å². The van der Waals surface area contributed by atoms with Crippen molar-refractivity contribution in [2.24, 2.45) is 0 Å². The molecule has 132 valence electrons. The molecule has 26 heavy (non-hydrogen) atoms. The predicted molar refractivity (Wildman–Crippen MR) is 103 cm³/mol. The molecule has 4 aromatic rings. The number of hydrogen-bond donors (Lipinski definition) is 0. The van der Waals surface area contributed by atoms with Crippen LogP contribution in [0.2, 0.25) is 0 Å². The Hall–Kier alpha value is -2.95. The van der Waals surface area contributed by atoms with Gasteiger partial charge in [0.2, 0.25) is 0 Å². The number of benzene rings is 2. The van der Waals surface area contributed by atoms with E-state index in [1.807, 2.05) is 22.9 Å². The Bertz CT molecular complexity index is 1030. The maximum absolute atomic E-state index is 5.46. The Morgan fingerprint density at radius 3 is 2.27 bits per heavy atom. The summed E-state index contributed by atoms with van der Waals surface area (Å²) in [6.07, 6.45) is 3.08. The molecule has 0 aliphatic heterocycles. The Labute approximate surface area is 152 Å². The lowest BCUT2D eigenvalue weighted by molar-refractivity contribution is 0.602. The van der Waals surface area contributed by atoms with Gasteiger partial charge in [-0.25, -0.2) is 14.6 Å². The van der Waals surface area contributed by atoms with Crippen LogP contribution in [0.4, 0.5) is 0 Å². The SMILES string of the molecule is CC(C)c1cccc(C(C)C)c1-n1ncnc1-c1cccc2ocnc12. The topological polar surface area (TPSA) is 56.7 Å². The summed E-state index contributed by atoms with van der Waals surface area (Å²) >= 11 is 0. The molecule has 0 spiro atoms. The van der Waals surface area contributed by atoms with E-state index in [0.29, 0.717) is 11.8 Å². The van der Waals surface area contributed by atoms with Gasteiger partial charge in [0.1, 0.15) is 11.8 Å². The van der Waals surface area contributed by atoms with Crippen molar-refractivity contribution < 1.29 is 4.42 Å². The average Bonchev–Trinajstić information content (AvgIpc) is 3.29. The lowest BCUT2D eigenvalue weighted by atomic mass is 9.92. The van der Waals surface area contributed by atoms with Crippen molar-refractivity contribution in [1.82, 2.24) is 19.7 Å². The first-order valence-electron chi connectivity index (χ1n) is 8.93. The highest BCUT2D eigenvalue weighted by atomic mass is 16.3. The monoisotopic (exact) mass is 346 g/mol. The van der Waals surface area contributed by atoms with Crippen molar-refractivity contribution in [2.45, 2.75) is 39.5 Å². The molecule has 0 atom stereocenters. The van der Waals surface area contributed by atoms with E-state index in [4.69, 9.17) is 4.42 Å². The van der Waals surface area contributed by atoms with Crippen LogP contribution in [-0.2, 0) is 0 Å². The fraction of sp³-hybridized carbons (Fsp3) is 0.286. The smallest absolute Gasteiger partial charge is 0.182 e. The van der Waals surface area contributed by atoms with E-state index in [2.05, 4.69) is 61.0 Å². The molecule has 0 amide bonds. The third-order valence-corrected chi connectivity index (χ3v) is 4.70. The standard InChI is InChI=1S/C21H22N4O/c1-13(2)15-7-5-8-16(14(3)4)20(15)25-21(22-11-24-25)17-9-6-10-18-19(17)23-12-26-18/h5-14H,1-4H3. The summed E-state index contributed by atoms with van der Waals surface area (Å²) in [7, 11) is 0. The normalized spacial score (nSPS) is 11.8. The van der Waals surface area contributed by atoms with Crippen molar-refractivity contribution in [3.8, 4) is 17.1 Å². The second-order valence-electron chi connectivity index (χ2n) is 7.09. The Morgan fingerprint density at radius 2 is 1.58 bits per heavy atom. The van der Waals surface area contributed by atoms with Crippen LogP contribution in [0.1, 0.15) is 50.7 Å². The molecule has 0 aliphatic carbocycles. The number of aromatic nitrogens is 4. The largest absolute Gasteiger partial charge is 0.443 e. The van der Waals surface area contributed by atoms with Gasteiger partial charge in [0.15, 0.2) is 17.8 Å². The van der Waals surface area contributed by atoms with Gasteiger partial charge < -0.3 is 4.42 Å². The highest BCUT2D eigenvalue weighted by Crippen LogP contribution is 2.34. The highest BCUT2D eigenvalue weighted by molar-refractivity contribution is 5.88. The molecule has 5 heteroatoms. The summed E-state index contributed by atoms with van der Waals surface area (Å²) in [4.78, 5) is 8.94. The summed E-state index contributed by atoms with van der Waals surface area (Å²) in [5.74, 6) is 1.53. The Morgan fingerprint density at radius 1 is 0.885 bits per heavy atom. The first-order chi connectivity index (χ1) is 12.6. The van der Waals surface area contributed by atoms with Gasteiger partial charge in [0.05, 0.1) is 5.69 Å². The van der Waals surface area contributed by atoms with Gasteiger partial charge in [0, 0.05) is 5.56 Å². The van der Waals surface area contributed by atoms with Crippen LogP contribution in [0.15, 0.2) is 53.5 Å². The Kier molecular flexibility index (Phi) is 4.07. The zero-order valence-electron chi connectivity index (χ0n) is 15.5. The van der Waals surface area contributed by atoms with Crippen LogP contribution in [0, 0.1) is 0 Å². The van der Waals surface area contributed by atoms with Crippen molar-refractivity contribution in [1.29, 1.82) is 0 Å². The van der Waals surface area contributed by atoms with Gasteiger partial charge in [-0.2, -0.15) is 5.10 Å². The van der Waals surface area contributed by atoms with Crippen LogP contribution in [0.25, 0.3) is 28.2 Å². The predicted octanol–water partition coefficient (Wildman–Crippen LogP) is 5.32. The van der Waals surface area contributed by atoms with E-state index in [0.717, 1.165) is 28.2 Å². The molecule has 0 radical (unpaired) electrons. The maximum Gasteiger partial charge on any atom is 0.182 e. The van der Waals surface area contributed by atoms with Crippen LogP contribution in [0.5, 0.6) is 0 Å². The van der Waals surface area contributed by atoms with Crippen LogP contribution in [0.3, 0.4) is 0 Å². The van der Waals surface area contributed by atoms with Crippen LogP contribution < -0.4 is 0 Å². The number of para-hydroxylation sites is 2. The first kappa shape index (κ1) is 16.5. The van der Waals surface area contributed by atoms with E-state index >= 15 is 0 Å². The lowest BCUT2D eigenvalue weighted by Crippen LogP contribution is -2.09. The Balaban J connectivity index is 2.01. The summed E-state index contributed by atoms with van der Waals surface area (Å²) in [6.45, 7) is 8.82. The quantitative estimate of drug-likeness (QED) is 0.501. The molecule has 0 saturated heterocycles. The molecule has 2 aromatic heterocycles. The highest BCUT2D eigenvalue weighted by Gasteiger charge is 2.21. The van der Waals surface area contributed by atoms with Gasteiger partial charge in [-0.05, 0) is 35.1 Å². The molecule has 2 heterocycles. The summed E-state index contributed by atoms with van der Waals surface area (Å²) in [5, 5.41) is 4.59. The van der Waals surface area contributed by atoms with Crippen molar-refractivity contribution in [3.05, 3.63) is 60.2 Å². The van der Waals surface area contributed by atoms with Gasteiger partial charge in [-0.15, -0.1) is 0 Å². The number of nitrogens with zero attached hydrogens (tertiary/aromatic N) is 4. The van der Waals surface area contributed by atoms with Crippen LogP contribution >= 0.6 is 0 Å². The third-order valence-electron chi connectivity index (χ3n) is 4.70. The zero-order chi connectivity index (χ0) is 18.3. The number of oxazole rings is 1. The molecule has 0 N–H and O–H groups in total. The van der Waals surface area contributed by atoms with E-state index in [-0.39, 0.29) is 0 Å². The summed E-state index contributed by atoms with van der Waals surface area (Å²) in [6, 6.07) is 12.4. The minimum absolute atomic E-state index is 0.378. The van der Waals surface area contributed by atoms with Gasteiger partial charge >= 0.3 is 0 Å². The van der Waals surface area contributed by atoms with Crippen LogP contribution in [-0.4, -0.2) is 19.7 Å². The zero-order valence-corrected chi connectivity index (χ0v) is 15.5. The second kappa shape index (κ2) is 6.41. The number of hydrogen-bond acceptors (Lipinski definition) is 4. The molecule has 2 aromatic carbocycles. The lowest BCUT2D eigenvalue weighted by Gasteiger charge is -2.20. The fourth-order valence-corrected chi connectivity index (χ4v) is 3.41. The van der Waals surface area contributed by atoms with Crippen molar-refractivity contribution >= 4 is 11.1 Å². The molecule has 5 nitrogen and oxygen atoms in total. The molecule has 0 aliphatic rings. The van der Waals surface area contributed by atoms with Gasteiger partial charge in [0.25, 0.3) is 0 Å². The van der Waals surface area contributed by atoms with Crippen molar-refractivity contribution in [3.63, 3.8) is 0 Å². The molecule has 0 saturated carbocycles. The third kappa shape index (κ3) is 2.60. The molecular formula is C21H22N4O. The van der Waals surface area contributed by atoms with E-state index in [9.17, 15) is 0 Å². The molecule has 4 rings (SSSR count). The van der Waals surface area contributed by atoms with E-state index < -0.39 is 0 Å². The fourth-order valence-electron chi connectivity index (χ4n) is 3.41.